The molecule has 0 spiro atoms. The lowest BCUT2D eigenvalue weighted by Crippen LogP contribution is -2.36. The number of hydrogen-bond acceptors (Lipinski definition) is 3. The molecule has 1 unspecified atom stereocenters. The molecule has 1 aromatic carbocycles. The molecule has 0 heterocycles. The van der Waals surface area contributed by atoms with Crippen LogP contribution < -0.4 is 0 Å². The average molecular weight is 289 g/mol. The van der Waals surface area contributed by atoms with Gasteiger partial charge in [-0.3, -0.25) is 4.79 Å². The predicted octanol–water partition coefficient (Wildman–Crippen LogP) is 3.44. The van der Waals surface area contributed by atoms with Crippen molar-refractivity contribution in [2.75, 3.05) is 6.54 Å². The Hall–Kier alpha value is -1.56. The Bertz CT molecular complexity index is 460. The van der Waals surface area contributed by atoms with Gasteiger partial charge in [0.15, 0.2) is 0 Å². The second-order valence-electron chi connectivity index (χ2n) is 4.57. The third-order valence-corrected chi connectivity index (χ3v) is 2.83. The summed E-state index contributed by atoms with van der Waals surface area (Å²) in [6.07, 6.45) is -3.98. The molecule has 0 saturated carbocycles. The zero-order valence-electron chi connectivity index (χ0n) is 11.7. The van der Waals surface area contributed by atoms with Crippen LogP contribution in [0.4, 0.5) is 13.2 Å². The van der Waals surface area contributed by atoms with Gasteiger partial charge in [0.2, 0.25) is 0 Å². The Morgan fingerprint density at radius 2 is 2.05 bits per heavy atom. The maximum atomic E-state index is 12.6. The molecule has 1 aromatic rings. The number of carbonyl (C=O) groups is 1. The van der Waals surface area contributed by atoms with Gasteiger partial charge in [-0.1, -0.05) is 18.2 Å². The molecule has 0 saturated heterocycles. The molecule has 0 radical (unpaired) electrons. The van der Waals surface area contributed by atoms with Gasteiger partial charge < -0.3 is 4.84 Å². The summed E-state index contributed by atoms with van der Waals surface area (Å²) in [4.78, 5) is 15.9. The van der Waals surface area contributed by atoms with Gasteiger partial charge in [-0.05, 0) is 31.9 Å². The molecule has 0 aliphatic heterocycles. The van der Waals surface area contributed by atoms with Crippen molar-refractivity contribution < 1.29 is 22.8 Å². The standard InChI is InChI=1S/C14H18F3NO2/c1-4-18(20-11(3)19)10(2)8-12-6-5-7-13(9-12)14(15,16)17/h5-7,9-10H,4,8H2,1-3H3. The number of alkyl halides is 3. The van der Waals surface area contributed by atoms with Crippen LogP contribution in [0.2, 0.25) is 0 Å². The molecule has 20 heavy (non-hydrogen) atoms. The van der Waals surface area contributed by atoms with Gasteiger partial charge in [-0.2, -0.15) is 13.2 Å². The smallest absolute Gasteiger partial charge is 0.368 e. The molecule has 3 nitrogen and oxygen atoms in total. The van der Waals surface area contributed by atoms with Crippen molar-refractivity contribution in [3.05, 3.63) is 35.4 Å². The molecule has 0 aromatic heterocycles. The van der Waals surface area contributed by atoms with Gasteiger partial charge >= 0.3 is 12.1 Å². The van der Waals surface area contributed by atoms with Gasteiger partial charge in [0, 0.05) is 19.5 Å². The van der Waals surface area contributed by atoms with E-state index in [2.05, 4.69) is 0 Å². The Balaban J connectivity index is 2.79. The van der Waals surface area contributed by atoms with Gasteiger partial charge in [-0.25, -0.2) is 0 Å². The molecule has 1 rings (SSSR count). The molecule has 0 aliphatic rings. The highest BCUT2D eigenvalue weighted by Gasteiger charge is 2.30. The summed E-state index contributed by atoms with van der Waals surface area (Å²) in [6, 6.07) is 4.98. The highest BCUT2D eigenvalue weighted by Crippen LogP contribution is 2.29. The van der Waals surface area contributed by atoms with Gasteiger partial charge in [0.25, 0.3) is 0 Å². The van der Waals surface area contributed by atoms with Crippen molar-refractivity contribution in [1.82, 2.24) is 5.06 Å². The summed E-state index contributed by atoms with van der Waals surface area (Å²) in [5.41, 5.74) is -0.115. The highest BCUT2D eigenvalue weighted by atomic mass is 19.4. The Labute approximate surface area is 116 Å². The van der Waals surface area contributed by atoms with Crippen molar-refractivity contribution in [2.24, 2.45) is 0 Å². The SMILES string of the molecule is CCN(OC(C)=O)C(C)Cc1cccc(C(F)(F)F)c1. The van der Waals surface area contributed by atoms with Crippen LogP contribution in [0.5, 0.6) is 0 Å². The number of hydroxylamine groups is 2. The van der Waals surface area contributed by atoms with Crippen molar-refractivity contribution in [2.45, 2.75) is 39.4 Å². The van der Waals surface area contributed by atoms with E-state index in [1.54, 1.807) is 13.0 Å². The van der Waals surface area contributed by atoms with Crippen LogP contribution in [0.3, 0.4) is 0 Å². The molecule has 0 bridgehead atoms. The van der Waals surface area contributed by atoms with Crippen LogP contribution >= 0.6 is 0 Å². The average Bonchev–Trinajstić information content (AvgIpc) is 2.34. The molecular formula is C14H18F3NO2. The number of rotatable bonds is 5. The maximum Gasteiger partial charge on any atom is 0.416 e. The maximum absolute atomic E-state index is 12.6. The Kier molecular flexibility index (Phi) is 5.56. The third kappa shape index (κ3) is 4.85. The fourth-order valence-corrected chi connectivity index (χ4v) is 1.95. The fourth-order valence-electron chi connectivity index (χ4n) is 1.95. The van der Waals surface area contributed by atoms with Crippen LogP contribution in [-0.2, 0) is 22.2 Å². The van der Waals surface area contributed by atoms with Crippen LogP contribution in [0, 0.1) is 0 Å². The van der Waals surface area contributed by atoms with Crippen LogP contribution in [-0.4, -0.2) is 23.6 Å². The minimum absolute atomic E-state index is 0.201. The lowest BCUT2D eigenvalue weighted by Gasteiger charge is -2.25. The number of likely N-dealkylation sites (N-methyl/N-ethyl adjacent to an activating group) is 1. The Morgan fingerprint density at radius 3 is 2.55 bits per heavy atom. The summed E-state index contributed by atoms with van der Waals surface area (Å²) >= 11 is 0. The summed E-state index contributed by atoms with van der Waals surface area (Å²) in [6.45, 7) is 5.37. The lowest BCUT2D eigenvalue weighted by molar-refractivity contribution is -0.196. The van der Waals surface area contributed by atoms with E-state index >= 15 is 0 Å². The van der Waals surface area contributed by atoms with Crippen LogP contribution in [0.1, 0.15) is 31.9 Å². The predicted molar refractivity (Wildman–Crippen MR) is 68.8 cm³/mol. The van der Waals surface area contributed by atoms with E-state index in [1.165, 1.54) is 18.1 Å². The largest absolute Gasteiger partial charge is 0.416 e. The van der Waals surface area contributed by atoms with E-state index in [0.29, 0.717) is 18.5 Å². The quantitative estimate of drug-likeness (QED) is 0.778. The summed E-state index contributed by atoms with van der Waals surface area (Å²) < 4.78 is 37.9. The zero-order chi connectivity index (χ0) is 15.3. The highest BCUT2D eigenvalue weighted by molar-refractivity contribution is 5.65. The van der Waals surface area contributed by atoms with Crippen LogP contribution in [0.15, 0.2) is 24.3 Å². The summed E-state index contributed by atoms with van der Waals surface area (Å²) in [5.74, 6) is -0.442. The molecule has 0 fully saturated rings. The number of hydrogen-bond donors (Lipinski definition) is 0. The lowest BCUT2D eigenvalue weighted by atomic mass is 10.0. The monoisotopic (exact) mass is 289 g/mol. The minimum atomic E-state index is -4.35. The molecule has 1 atom stereocenters. The molecule has 0 aliphatic carbocycles. The number of nitrogens with zero attached hydrogens (tertiary/aromatic N) is 1. The van der Waals surface area contributed by atoms with Crippen molar-refractivity contribution in [3.63, 3.8) is 0 Å². The first-order valence-electron chi connectivity index (χ1n) is 6.35. The van der Waals surface area contributed by atoms with Gasteiger partial charge in [0.1, 0.15) is 0 Å². The summed E-state index contributed by atoms with van der Waals surface area (Å²) in [5, 5.41) is 1.46. The minimum Gasteiger partial charge on any atom is -0.368 e. The topological polar surface area (TPSA) is 29.5 Å². The van der Waals surface area contributed by atoms with Gasteiger partial charge in [-0.15, -0.1) is 5.06 Å². The van der Waals surface area contributed by atoms with Gasteiger partial charge in [0.05, 0.1) is 5.56 Å². The molecule has 0 N–H and O–H groups in total. The first-order chi connectivity index (χ1) is 9.24. The summed E-state index contributed by atoms with van der Waals surface area (Å²) in [7, 11) is 0. The van der Waals surface area contributed by atoms with E-state index in [4.69, 9.17) is 4.84 Å². The molecule has 6 heteroatoms. The van der Waals surface area contributed by atoms with E-state index in [1.807, 2.05) is 6.92 Å². The van der Waals surface area contributed by atoms with Crippen molar-refractivity contribution in [1.29, 1.82) is 0 Å². The number of halogens is 3. The molecule has 0 amide bonds. The van der Waals surface area contributed by atoms with Crippen molar-refractivity contribution in [3.8, 4) is 0 Å². The van der Waals surface area contributed by atoms with E-state index < -0.39 is 17.7 Å². The first-order valence-corrected chi connectivity index (χ1v) is 6.35. The second-order valence-corrected chi connectivity index (χ2v) is 4.57. The second kappa shape index (κ2) is 6.74. The van der Waals surface area contributed by atoms with E-state index in [0.717, 1.165) is 12.1 Å². The first kappa shape index (κ1) is 16.5. The van der Waals surface area contributed by atoms with E-state index in [9.17, 15) is 18.0 Å². The normalized spacial score (nSPS) is 13.3. The molecule has 112 valence electrons. The zero-order valence-corrected chi connectivity index (χ0v) is 11.7. The number of benzene rings is 1. The van der Waals surface area contributed by atoms with Crippen molar-refractivity contribution >= 4 is 5.97 Å². The Morgan fingerprint density at radius 1 is 1.40 bits per heavy atom. The molecular weight excluding hydrogens is 271 g/mol. The number of carbonyl (C=O) groups excluding carboxylic acids is 1. The fraction of sp³-hybridized carbons (Fsp3) is 0.500. The third-order valence-electron chi connectivity index (χ3n) is 2.83. The van der Waals surface area contributed by atoms with E-state index in [-0.39, 0.29) is 6.04 Å². The van der Waals surface area contributed by atoms with Crippen LogP contribution in [0.25, 0.3) is 0 Å².